The SMILES string of the molecule is C=N/N=C(\SCC(F)F)c1cnc2c(N3CCNC(CCCC=O)C3)cc(SN)cn12.CC.CC1(C)CC1. The van der Waals surface area contributed by atoms with Gasteiger partial charge in [0.1, 0.15) is 11.3 Å². The highest BCUT2D eigenvalue weighted by Gasteiger charge is 2.30. The first-order valence-corrected chi connectivity index (χ1v) is 14.9. The monoisotopic (exact) mass is 569 g/mol. The van der Waals surface area contributed by atoms with Gasteiger partial charge in [0.15, 0.2) is 5.65 Å². The summed E-state index contributed by atoms with van der Waals surface area (Å²) in [4.78, 5) is 18.2. The number of nitrogens with two attached hydrogens (primary N) is 1. The van der Waals surface area contributed by atoms with E-state index in [2.05, 4.69) is 46.0 Å². The average Bonchev–Trinajstić information content (AvgIpc) is 3.45. The van der Waals surface area contributed by atoms with Crippen LogP contribution in [0.2, 0.25) is 0 Å². The molecular formula is C26H41F2N7OS2. The molecule has 2 aliphatic rings. The van der Waals surface area contributed by atoms with Crippen molar-refractivity contribution in [2.45, 2.75) is 77.2 Å². The Kier molecular flexibility index (Phi) is 13.7. The van der Waals surface area contributed by atoms with E-state index < -0.39 is 12.2 Å². The van der Waals surface area contributed by atoms with Gasteiger partial charge in [-0.3, -0.25) is 9.54 Å². The van der Waals surface area contributed by atoms with Crippen molar-refractivity contribution >= 4 is 53.1 Å². The Balaban J connectivity index is 0.000000636. The molecule has 0 bridgehead atoms. The number of hydrogen-bond donors (Lipinski definition) is 2. The fourth-order valence-corrected chi connectivity index (χ4v) is 4.84. The molecule has 4 rings (SSSR count). The van der Waals surface area contributed by atoms with Crippen LogP contribution in [0.5, 0.6) is 0 Å². The van der Waals surface area contributed by atoms with Crippen molar-refractivity contribution in [3.05, 3.63) is 24.2 Å². The van der Waals surface area contributed by atoms with Crippen molar-refractivity contribution in [1.29, 1.82) is 0 Å². The van der Waals surface area contributed by atoms with Crippen LogP contribution in [-0.2, 0) is 4.79 Å². The van der Waals surface area contributed by atoms with E-state index in [0.717, 1.165) is 78.5 Å². The number of fused-ring (bicyclic) bond motifs is 1. The van der Waals surface area contributed by atoms with Crippen LogP contribution >= 0.6 is 23.7 Å². The maximum atomic E-state index is 12.8. The van der Waals surface area contributed by atoms with Gasteiger partial charge < -0.3 is 15.0 Å². The van der Waals surface area contributed by atoms with Gasteiger partial charge in [0.2, 0.25) is 6.43 Å². The first-order chi connectivity index (χ1) is 18.3. The van der Waals surface area contributed by atoms with Crippen molar-refractivity contribution < 1.29 is 13.6 Å². The van der Waals surface area contributed by atoms with Gasteiger partial charge in [-0.15, -0.1) is 5.10 Å². The molecule has 2 aromatic rings. The molecule has 12 heteroatoms. The minimum absolute atomic E-state index is 0.265. The molecule has 8 nitrogen and oxygen atoms in total. The van der Waals surface area contributed by atoms with Crippen LogP contribution < -0.4 is 15.4 Å². The van der Waals surface area contributed by atoms with Crippen LogP contribution in [0, 0.1) is 5.41 Å². The first kappa shape index (κ1) is 32.2. The standard InChI is InChI=1S/C19H25F2N7OS2.C5H10.C2H6/c1-23-26-19(30-12-17(20)21)16-9-25-18-15(8-14(31-22)11-28(16)18)27-6-5-24-13(10-27)4-2-3-7-29;1-5(2)3-4-5;1-2/h7-9,11,13,17,24H,1-6,10,12,22H2;3-4H2,1-2H3;1-2H3/b26-19-;;. The van der Waals surface area contributed by atoms with Crippen molar-refractivity contribution in [2.75, 3.05) is 30.3 Å². The number of unbranched alkanes of at least 4 members (excludes halogenated alkanes) is 1. The fraction of sp³-hybridized carbons (Fsp3) is 0.615. The Morgan fingerprint density at radius 2 is 2.11 bits per heavy atom. The smallest absolute Gasteiger partial charge is 0.247 e. The van der Waals surface area contributed by atoms with E-state index in [9.17, 15) is 13.6 Å². The number of carbonyl (C=O) groups excluding carboxylic acids is 1. The van der Waals surface area contributed by atoms with Gasteiger partial charge in [-0.2, -0.15) is 5.10 Å². The molecule has 1 saturated heterocycles. The first-order valence-electron chi connectivity index (χ1n) is 13.0. The summed E-state index contributed by atoms with van der Waals surface area (Å²) in [6.07, 6.45) is 7.10. The molecule has 1 unspecified atom stereocenters. The number of alkyl halides is 2. The molecule has 0 aromatic carbocycles. The Hall–Kier alpha value is -2.02. The molecule has 1 aliphatic carbocycles. The second kappa shape index (κ2) is 16.2. The minimum atomic E-state index is -2.47. The van der Waals surface area contributed by atoms with Crippen LogP contribution in [0.25, 0.3) is 5.65 Å². The Morgan fingerprint density at radius 3 is 2.68 bits per heavy atom. The highest BCUT2D eigenvalue weighted by Crippen LogP contribution is 2.43. The predicted octanol–water partition coefficient (Wildman–Crippen LogP) is 5.64. The van der Waals surface area contributed by atoms with Gasteiger partial charge in [-0.05, 0) is 49.1 Å². The number of aldehydes is 1. The van der Waals surface area contributed by atoms with Gasteiger partial charge in [-0.25, -0.2) is 13.8 Å². The summed E-state index contributed by atoms with van der Waals surface area (Å²) in [7, 11) is 0. The van der Waals surface area contributed by atoms with Gasteiger partial charge in [0.05, 0.1) is 23.3 Å². The van der Waals surface area contributed by atoms with E-state index >= 15 is 0 Å². The van der Waals surface area contributed by atoms with E-state index in [4.69, 9.17) is 5.14 Å². The maximum absolute atomic E-state index is 12.8. The van der Waals surface area contributed by atoms with E-state index in [-0.39, 0.29) is 6.04 Å². The molecular weight excluding hydrogens is 528 g/mol. The molecule has 0 spiro atoms. The molecule has 0 radical (unpaired) electrons. The number of aromatic nitrogens is 2. The van der Waals surface area contributed by atoms with Gasteiger partial charge in [-0.1, -0.05) is 39.5 Å². The lowest BCUT2D eigenvalue weighted by molar-refractivity contribution is -0.107. The molecule has 1 atom stereocenters. The fourth-order valence-electron chi connectivity index (χ4n) is 3.80. The van der Waals surface area contributed by atoms with Crippen LogP contribution in [0.3, 0.4) is 0 Å². The minimum Gasteiger partial charge on any atom is -0.366 e. The van der Waals surface area contributed by atoms with E-state index in [1.54, 1.807) is 6.20 Å². The number of carbonyl (C=O) groups is 1. The Morgan fingerprint density at radius 1 is 1.39 bits per heavy atom. The quantitative estimate of drug-likeness (QED) is 0.0954. The summed E-state index contributed by atoms with van der Waals surface area (Å²) in [6, 6.07) is 2.25. The highest BCUT2D eigenvalue weighted by atomic mass is 32.2. The van der Waals surface area contributed by atoms with Gasteiger partial charge in [0, 0.05) is 49.9 Å². The summed E-state index contributed by atoms with van der Waals surface area (Å²) in [5.74, 6) is -0.403. The van der Waals surface area contributed by atoms with E-state index in [0.29, 0.717) is 22.8 Å². The van der Waals surface area contributed by atoms with Crippen molar-refractivity contribution in [3.63, 3.8) is 0 Å². The lowest BCUT2D eigenvalue weighted by Crippen LogP contribution is -2.50. The summed E-state index contributed by atoms with van der Waals surface area (Å²) in [5.41, 5.74) is 2.91. The molecule has 3 N–H and O–H groups in total. The normalized spacial score (nSPS) is 18.4. The number of nitrogens with one attached hydrogen (secondary N) is 1. The lowest BCUT2D eigenvalue weighted by Gasteiger charge is -2.35. The number of thioether (sulfide) groups is 1. The van der Waals surface area contributed by atoms with Crippen LogP contribution in [-0.4, -0.2) is 65.3 Å². The molecule has 38 heavy (non-hydrogen) atoms. The number of imidazole rings is 1. The molecule has 2 fully saturated rings. The molecule has 212 valence electrons. The number of rotatable bonds is 10. The lowest BCUT2D eigenvalue weighted by atomic mass is 10.1. The zero-order chi connectivity index (χ0) is 28.1. The van der Waals surface area contributed by atoms with Crippen molar-refractivity contribution in [1.82, 2.24) is 14.7 Å². The average molecular weight is 570 g/mol. The summed E-state index contributed by atoms with van der Waals surface area (Å²) < 4.78 is 27.4. The highest BCUT2D eigenvalue weighted by molar-refractivity contribution is 8.14. The third-order valence-corrected chi connectivity index (χ3v) is 7.62. The van der Waals surface area contributed by atoms with Gasteiger partial charge in [0.25, 0.3) is 0 Å². The molecule has 2 aromatic heterocycles. The molecule has 0 amide bonds. The third kappa shape index (κ3) is 9.94. The zero-order valence-corrected chi connectivity index (χ0v) is 24.5. The molecule has 1 aliphatic heterocycles. The second-order valence-electron chi connectivity index (χ2n) is 9.62. The van der Waals surface area contributed by atoms with Crippen molar-refractivity contribution in [3.8, 4) is 0 Å². The summed E-state index contributed by atoms with van der Waals surface area (Å²) in [5, 5.41) is 17.2. The zero-order valence-electron chi connectivity index (χ0n) is 22.8. The topological polar surface area (TPSA) is 100 Å². The summed E-state index contributed by atoms with van der Waals surface area (Å²) in [6.45, 7) is 14.3. The predicted molar refractivity (Wildman–Crippen MR) is 158 cm³/mol. The molecule has 3 heterocycles. The number of hydrogen-bond acceptors (Lipinski definition) is 9. The van der Waals surface area contributed by atoms with Crippen LogP contribution in [0.1, 0.15) is 65.5 Å². The molecule has 1 saturated carbocycles. The Labute approximate surface area is 233 Å². The van der Waals surface area contributed by atoms with Crippen molar-refractivity contribution in [2.24, 2.45) is 20.8 Å². The number of halogens is 2. The number of piperazine rings is 1. The number of pyridine rings is 1. The van der Waals surface area contributed by atoms with Crippen LogP contribution in [0.15, 0.2) is 33.6 Å². The van der Waals surface area contributed by atoms with E-state index in [1.165, 1.54) is 12.8 Å². The third-order valence-electron chi connectivity index (χ3n) is 6.14. The number of nitrogens with zero attached hydrogens (tertiary/aromatic N) is 5. The van der Waals surface area contributed by atoms with E-state index in [1.807, 2.05) is 30.5 Å². The van der Waals surface area contributed by atoms with Crippen LogP contribution in [0.4, 0.5) is 14.5 Å². The second-order valence-corrected chi connectivity index (χ2v) is 11.3. The summed E-state index contributed by atoms with van der Waals surface area (Å²) >= 11 is 2.01. The largest absolute Gasteiger partial charge is 0.366 e. The Bertz CT molecular complexity index is 1060. The maximum Gasteiger partial charge on any atom is 0.247 e. The number of anilines is 1. The van der Waals surface area contributed by atoms with Gasteiger partial charge >= 0.3 is 0 Å².